The SMILES string of the molecule is CCCCC/C=C/c1ccccn1. The summed E-state index contributed by atoms with van der Waals surface area (Å²) >= 11 is 0. The number of allylic oxidation sites excluding steroid dienone is 1. The zero-order chi connectivity index (χ0) is 9.36. The van der Waals surface area contributed by atoms with E-state index in [9.17, 15) is 0 Å². The van der Waals surface area contributed by atoms with Crippen LogP contribution >= 0.6 is 0 Å². The third-order valence-corrected chi connectivity index (χ3v) is 1.95. The first-order valence-electron chi connectivity index (χ1n) is 5.01. The average molecular weight is 175 g/mol. The highest BCUT2D eigenvalue weighted by Crippen LogP contribution is 2.02. The number of nitrogens with zero attached hydrogens (tertiary/aromatic N) is 1. The summed E-state index contributed by atoms with van der Waals surface area (Å²) in [4.78, 5) is 4.21. The summed E-state index contributed by atoms with van der Waals surface area (Å²) in [6.07, 6.45) is 11.2. The van der Waals surface area contributed by atoms with Crippen LogP contribution in [-0.4, -0.2) is 4.98 Å². The predicted molar refractivity (Wildman–Crippen MR) is 57.4 cm³/mol. The first-order valence-corrected chi connectivity index (χ1v) is 5.01. The lowest BCUT2D eigenvalue weighted by Crippen LogP contribution is -1.76. The van der Waals surface area contributed by atoms with Gasteiger partial charge in [0.25, 0.3) is 0 Å². The molecule has 0 aliphatic carbocycles. The van der Waals surface area contributed by atoms with Crippen LogP contribution in [-0.2, 0) is 0 Å². The lowest BCUT2D eigenvalue weighted by Gasteiger charge is -1.92. The summed E-state index contributed by atoms with van der Waals surface area (Å²) in [5, 5.41) is 0. The van der Waals surface area contributed by atoms with Crippen molar-refractivity contribution >= 4 is 6.08 Å². The third kappa shape index (κ3) is 4.46. The van der Waals surface area contributed by atoms with Crippen molar-refractivity contribution in [3.63, 3.8) is 0 Å². The molecule has 0 aliphatic rings. The molecule has 1 aromatic rings. The minimum atomic E-state index is 1.05. The molecule has 0 aromatic carbocycles. The van der Waals surface area contributed by atoms with Crippen molar-refractivity contribution in [3.8, 4) is 0 Å². The Balaban J connectivity index is 2.25. The van der Waals surface area contributed by atoms with Gasteiger partial charge in [-0.3, -0.25) is 4.98 Å². The Hall–Kier alpha value is -1.11. The largest absolute Gasteiger partial charge is 0.257 e. The number of aromatic nitrogens is 1. The standard InChI is InChI=1S/C12H17N/c1-2-3-4-5-6-9-12-10-7-8-11-13-12/h6-11H,2-5H2,1H3/b9-6+. The molecular formula is C12H17N. The van der Waals surface area contributed by atoms with Crippen LogP contribution in [0.1, 0.15) is 38.3 Å². The predicted octanol–water partition coefficient (Wildman–Crippen LogP) is 3.68. The van der Waals surface area contributed by atoms with Crippen molar-refractivity contribution < 1.29 is 0 Å². The lowest BCUT2D eigenvalue weighted by molar-refractivity contribution is 0.730. The van der Waals surface area contributed by atoms with Crippen molar-refractivity contribution in [1.82, 2.24) is 4.98 Å². The molecule has 70 valence electrons. The minimum Gasteiger partial charge on any atom is -0.257 e. The number of unbranched alkanes of at least 4 members (excludes halogenated alkanes) is 3. The van der Waals surface area contributed by atoms with E-state index < -0.39 is 0 Å². The van der Waals surface area contributed by atoms with Crippen molar-refractivity contribution in [2.45, 2.75) is 32.6 Å². The molecule has 0 fully saturated rings. The second kappa shape index (κ2) is 6.41. The van der Waals surface area contributed by atoms with Gasteiger partial charge in [0.1, 0.15) is 0 Å². The van der Waals surface area contributed by atoms with Crippen LogP contribution in [0.25, 0.3) is 6.08 Å². The second-order valence-corrected chi connectivity index (χ2v) is 3.15. The Morgan fingerprint density at radius 3 is 2.92 bits per heavy atom. The van der Waals surface area contributed by atoms with Crippen LogP contribution in [0, 0.1) is 0 Å². The molecule has 0 saturated heterocycles. The Morgan fingerprint density at radius 2 is 2.23 bits per heavy atom. The quantitative estimate of drug-likeness (QED) is 0.622. The van der Waals surface area contributed by atoms with Crippen molar-refractivity contribution in [2.24, 2.45) is 0 Å². The lowest BCUT2D eigenvalue weighted by atomic mass is 10.2. The van der Waals surface area contributed by atoms with Gasteiger partial charge in [-0.2, -0.15) is 0 Å². The maximum absolute atomic E-state index is 4.21. The molecule has 0 aliphatic heterocycles. The van der Waals surface area contributed by atoms with E-state index in [0.717, 1.165) is 5.69 Å². The summed E-state index contributed by atoms with van der Waals surface area (Å²) in [5.41, 5.74) is 1.05. The summed E-state index contributed by atoms with van der Waals surface area (Å²) in [6, 6.07) is 5.98. The normalized spacial score (nSPS) is 10.8. The second-order valence-electron chi connectivity index (χ2n) is 3.15. The van der Waals surface area contributed by atoms with Gasteiger partial charge in [-0.05, 0) is 31.1 Å². The molecule has 0 bridgehead atoms. The van der Waals surface area contributed by atoms with E-state index in [-0.39, 0.29) is 0 Å². The molecule has 13 heavy (non-hydrogen) atoms. The summed E-state index contributed by atoms with van der Waals surface area (Å²) < 4.78 is 0. The maximum atomic E-state index is 4.21. The smallest absolute Gasteiger partial charge is 0.0626 e. The van der Waals surface area contributed by atoms with Gasteiger partial charge in [0.15, 0.2) is 0 Å². The highest BCUT2D eigenvalue weighted by molar-refractivity contribution is 5.43. The average Bonchev–Trinajstić information content (AvgIpc) is 2.19. The Bertz CT molecular complexity index is 239. The van der Waals surface area contributed by atoms with Gasteiger partial charge in [0.05, 0.1) is 5.69 Å². The fraction of sp³-hybridized carbons (Fsp3) is 0.417. The first-order chi connectivity index (χ1) is 6.43. The van der Waals surface area contributed by atoms with E-state index in [4.69, 9.17) is 0 Å². The van der Waals surface area contributed by atoms with E-state index in [1.807, 2.05) is 24.4 Å². The summed E-state index contributed by atoms with van der Waals surface area (Å²) in [7, 11) is 0. The van der Waals surface area contributed by atoms with Gasteiger partial charge in [0, 0.05) is 6.20 Å². The fourth-order valence-corrected chi connectivity index (χ4v) is 1.19. The van der Waals surface area contributed by atoms with Crippen LogP contribution in [0.15, 0.2) is 30.5 Å². The fourth-order valence-electron chi connectivity index (χ4n) is 1.19. The van der Waals surface area contributed by atoms with Crippen molar-refractivity contribution in [1.29, 1.82) is 0 Å². The van der Waals surface area contributed by atoms with E-state index in [0.29, 0.717) is 0 Å². The summed E-state index contributed by atoms with van der Waals surface area (Å²) in [5.74, 6) is 0. The Morgan fingerprint density at radius 1 is 1.31 bits per heavy atom. The molecule has 0 spiro atoms. The molecular weight excluding hydrogens is 158 g/mol. The van der Waals surface area contributed by atoms with Crippen molar-refractivity contribution in [2.75, 3.05) is 0 Å². The monoisotopic (exact) mass is 175 g/mol. The molecule has 0 atom stereocenters. The van der Waals surface area contributed by atoms with E-state index >= 15 is 0 Å². The zero-order valence-corrected chi connectivity index (χ0v) is 8.24. The minimum absolute atomic E-state index is 1.05. The van der Waals surface area contributed by atoms with Gasteiger partial charge in [-0.25, -0.2) is 0 Å². The molecule has 0 unspecified atom stereocenters. The summed E-state index contributed by atoms with van der Waals surface area (Å²) in [6.45, 7) is 2.22. The molecule has 0 saturated carbocycles. The van der Waals surface area contributed by atoms with E-state index in [2.05, 4.69) is 24.1 Å². The molecule has 0 N–H and O–H groups in total. The van der Waals surface area contributed by atoms with Gasteiger partial charge in [-0.15, -0.1) is 0 Å². The number of rotatable bonds is 5. The highest BCUT2D eigenvalue weighted by Gasteiger charge is 1.84. The third-order valence-electron chi connectivity index (χ3n) is 1.95. The van der Waals surface area contributed by atoms with Crippen LogP contribution in [0.3, 0.4) is 0 Å². The van der Waals surface area contributed by atoms with Crippen LogP contribution in [0.5, 0.6) is 0 Å². The maximum Gasteiger partial charge on any atom is 0.0626 e. The van der Waals surface area contributed by atoms with Crippen LogP contribution in [0.2, 0.25) is 0 Å². The van der Waals surface area contributed by atoms with E-state index in [1.54, 1.807) is 0 Å². The number of hydrogen-bond donors (Lipinski definition) is 0. The van der Waals surface area contributed by atoms with E-state index in [1.165, 1.54) is 25.7 Å². The molecule has 1 rings (SSSR count). The van der Waals surface area contributed by atoms with Gasteiger partial charge in [0.2, 0.25) is 0 Å². The molecule has 0 amide bonds. The molecule has 1 heteroatoms. The molecule has 1 heterocycles. The van der Waals surface area contributed by atoms with Crippen molar-refractivity contribution in [3.05, 3.63) is 36.2 Å². The van der Waals surface area contributed by atoms with Crippen LogP contribution < -0.4 is 0 Å². The van der Waals surface area contributed by atoms with Crippen LogP contribution in [0.4, 0.5) is 0 Å². The molecule has 1 nitrogen and oxygen atoms in total. The zero-order valence-electron chi connectivity index (χ0n) is 8.24. The first kappa shape index (κ1) is 9.97. The Labute approximate surface area is 80.5 Å². The molecule has 0 radical (unpaired) electrons. The highest BCUT2D eigenvalue weighted by atomic mass is 14.6. The number of hydrogen-bond acceptors (Lipinski definition) is 1. The van der Waals surface area contributed by atoms with Gasteiger partial charge >= 0.3 is 0 Å². The van der Waals surface area contributed by atoms with Gasteiger partial charge < -0.3 is 0 Å². The topological polar surface area (TPSA) is 12.9 Å². The number of pyridine rings is 1. The van der Waals surface area contributed by atoms with Gasteiger partial charge in [-0.1, -0.05) is 31.9 Å². The molecule has 1 aromatic heterocycles. The Kier molecular flexibility index (Phi) is 4.92.